The highest BCUT2D eigenvalue weighted by molar-refractivity contribution is 4.64. The Morgan fingerprint density at radius 1 is 0.800 bits per heavy atom. The van der Waals surface area contributed by atoms with Gasteiger partial charge in [-0.15, -0.1) is 0 Å². The summed E-state index contributed by atoms with van der Waals surface area (Å²) in [6, 6.07) is 0. The molecule has 122 valence electrons. The molecule has 0 radical (unpaired) electrons. The van der Waals surface area contributed by atoms with Gasteiger partial charge in [-0.1, -0.05) is 41.0 Å². The molecule has 1 unspecified atom stereocenters. The van der Waals surface area contributed by atoms with E-state index in [1.807, 2.05) is 0 Å². The van der Waals surface area contributed by atoms with Crippen molar-refractivity contribution in [1.82, 2.24) is 4.90 Å². The van der Waals surface area contributed by atoms with Crippen LogP contribution in [0.4, 0.5) is 0 Å². The van der Waals surface area contributed by atoms with Crippen LogP contribution in [0.3, 0.4) is 0 Å². The molecule has 0 saturated carbocycles. The fraction of sp³-hybridized carbons (Fsp3) is 1.00. The lowest BCUT2D eigenvalue weighted by Crippen LogP contribution is -2.29. The fourth-order valence-corrected chi connectivity index (χ4v) is 2.61. The molecule has 0 aliphatic rings. The van der Waals surface area contributed by atoms with E-state index < -0.39 is 0 Å². The van der Waals surface area contributed by atoms with E-state index >= 15 is 0 Å². The van der Waals surface area contributed by atoms with Gasteiger partial charge in [-0.2, -0.15) is 0 Å². The summed E-state index contributed by atoms with van der Waals surface area (Å²) in [5, 5.41) is 0. The Labute approximate surface area is 128 Å². The Hall–Kier alpha value is -0.0800. The smallest absolute Gasteiger partial charge is 0.00163 e. The first-order chi connectivity index (χ1) is 9.49. The predicted molar refractivity (Wildman–Crippen MR) is 92.0 cm³/mol. The zero-order valence-corrected chi connectivity index (χ0v) is 14.8. The highest BCUT2D eigenvalue weighted by atomic mass is 15.1. The molecule has 0 spiro atoms. The maximum atomic E-state index is 5.69. The van der Waals surface area contributed by atoms with Crippen molar-refractivity contribution in [1.29, 1.82) is 0 Å². The maximum Gasteiger partial charge on any atom is -0.00163 e. The second kappa shape index (κ2) is 12.6. The monoisotopic (exact) mass is 284 g/mol. The molecule has 0 aromatic heterocycles. The number of rotatable bonds is 13. The second-order valence-corrected chi connectivity index (χ2v) is 7.20. The molecule has 0 rings (SSSR count). The molecule has 0 aliphatic heterocycles. The van der Waals surface area contributed by atoms with Crippen LogP contribution >= 0.6 is 0 Å². The normalized spacial score (nSPS) is 13.7. The lowest BCUT2D eigenvalue weighted by Gasteiger charge is -2.25. The molecule has 0 aromatic rings. The van der Waals surface area contributed by atoms with Gasteiger partial charge in [-0.25, -0.2) is 0 Å². The van der Waals surface area contributed by atoms with Crippen molar-refractivity contribution >= 4 is 0 Å². The molecule has 0 fully saturated rings. The largest absolute Gasteiger partial charge is 0.330 e. The molecule has 0 heterocycles. The first-order valence-corrected chi connectivity index (χ1v) is 8.91. The van der Waals surface area contributed by atoms with Gasteiger partial charge in [-0.05, 0) is 76.0 Å². The van der Waals surface area contributed by atoms with E-state index in [0.717, 1.165) is 24.3 Å². The molecule has 2 N–H and O–H groups in total. The van der Waals surface area contributed by atoms with E-state index in [0.29, 0.717) is 0 Å². The van der Waals surface area contributed by atoms with Gasteiger partial charge >= 0.3 is 0 Å². The molecule has 0 saturated heterocycles. The quantitative estimate of drug-likeness (QED) is 0.538. The minimum absolute atomic E-state index is 0.817. The SMILES string of the molecule is CCC(CCN)CCCN(CCC(C)C)CCC(C)C. The van der Waals surface area contributed by atoms with Crippen LogP contribution in [-0.4, -0.2) is 31.1 Å². The van der Waals surface area contributed by atoms with E-state index in [2.05, 4.69) is 39.5 Å². The molecule has 0 bridgehead atoms. The van der Waals surface area contributed by atoms with E-state index in [-0.39, 0.29) is 0 Å². The average molecular weight is 285 g/mol. The van der Waals surface area contributed by atoms with Gasteiger partial charge in [-0.3, -0.25) is 0 Å². The van der Waals surface area contributed by atoms with Crippen LogP contribution in [0.15, 0.2) is 0 Å². The lowest BCUT2D eigenvalue weighted by atomic mass is 9.96. The Morgan fingerprint density at radius 3 is 1.75 bits per heavy atom. The Bertz CT molecular complexity index is 190. The third-order valence-electron chi connectivity index (χ3n) is 4.28. The molecule has 2 heteroatoms. The first kappa shape index (κ1) is 19.9. The van der Waals surface area contributed by atoms with Gasteiger partial charge in [0.25, 0.3) is 0 Å². The molecule has 0 amide bonds. The van der Waals surface area contributed by atoms with Crippen LogP contribution in [0.25, 0.3) is 0 Å². The van der Waals surface area contributed by atoms with Crippen molar-refractivity contribution in [3.8, 4) is 0 Å². The zero-order chi connectivity index (χ0) is 15.4. The summed E-state index contributed by atoms with van der Waals surface area (Å²) in [5.74, 6) is 2.48. The van der Waals surface area contributed by atoms with Crippen molar-refractivity contribution in [3.05, 3.63) is 0 Å². The predicted octanol–water partition coefficient (Wildman–Crippen LogP) is 4.54. The molecule has 0 aromatic carbocycles. The number of nitrogens with zero attached hydrogens (tertiary/aromatic N) is 1. The molecular formula is C18H40N2. The molecular weight excluding hydrogens is 244 g/mol. The van der Waals surface area contributed by atoms with Crippen molar-refractivity contribution < 1.29 is 0 Å². The van der Waals surface area contributed by atoms with Gasteiger partial charge in [0.2, 0.25) is 0 Å². The summed E-state index contributed by atoms with van der Waals surface area (Å²) in [7, 11) is 0. The minimum atomic E-state index is 0.817. The van der Waals surface area contributed by atoms with Crippen molar-refractivity contribution in [2.45, 2.75) is 73.1 Å². The molecule has 20 heavy (non-hydrogen) atoms. The molecule has 1 atom stereocenters. The van der Waals surface area contributed by atoms with Crippen LogP contribution in [0.1, 0.15) is 73.1 Å². The van der Waals surface area contributed by atoms with Crippen molar-refractivity contribution in [3.63, 3.8) is 0 Å². The van der Waals surface area contributed by atoms with E-state index in [4.69, 9.17) is 5.73 Å². The Balaban J connectivity index is 3.99. The van der Waals surface area contributed by atoms with Crippen molar-refractivity contribution in [2.24, 2.45) is 23.5 Å². The number of hydrogen-bond acceptors (Lipinski definition) is 2. The van der Waals surface area contributed by atoms with Crippen LogP contribution in [0, 0.1) is 17.8 Å². The van der Waals surface area contributed by atoms with Gasteiger partial charge in [0.1, 0.15) is 0 Å². The van der Waals surface area contributed by atoms with Crippen LogP contribution < -0.4 is 5.73 Å². The summed E-state index contributed by atoms with van der Waals surface area (Å²) in [5.41, 5.74) is 5.69. The summed E-state index contributed by atoms with van der Waals surface area (Å²) in [4.78, 5) is 2.69. The lowest BCUT2D eigenvalue weighted by molar-refractivity contribution is 0.232. The third kappa shape index (κ3) is 11.7. The fourth-order valence-electron chi connectivity index (χ4n) is 2.61. The first-order valence-electron chi connectivity index (χ1n) is 8.91. The second-order valence-electron chi connectivity index (χ2n) is 7.20. The van der Waals surface area contributed by atoms with Crippen LogP contribution in [-0.2, 0) is 0 Å². The summed E-state index contributed by atoms with van der Waals surface area (Å²) in [6.45, 7) is 16.3. The topological polar surface area (TPSA) is 29.3 Å². The number of nitrogens with two attached hydrogens (primary N) is 1. The average Bonchev–Trinajstić information content (AvgIpc) is 2.39. The highest BCUT2D eigenvalue weighted by Crippen LogP contribution is 2.15. The summed E-state index contributed by atoms with van der Waals surface area (Å²) < 4.78 is 0. The van der Waals surface area contributed by atoms with Crippen molar-refractivity contribution in [2.75, 3.05) is 26.2 Å². The minimum Gasteiger partial charge on any atom is -0.330 e. The Morgan fingerprint density at radius 2 is 1.35 bits per heavy atom. The van der Waals surface area contributed by atoms with Gasteiger partial charge in [0, 0.05) is 0 Å². The van der Waals surface area contributed by atoms with Gasteiger partial charge in [0.15, 0.2) is 0 Å². The van der Waals surface area contributed by atoms with E-state index in [1.165, 1.54) is 58.2 Å². The summed E-state index contributed by atoms with van der Waals surface area (Å²) in [6.07, 6.45) is 7.85. The van der Waals surface area contributed by atoms with Gasteiger partial charge in [0.05, 0.1) is 0 Å². The zero-order valence-electron chi connectivity index (χ0n) is 14.8. The van der Waals surface area contributed by atoms with E-state index in [1.54, 1.807) is 0 Å². The van der Waals surface area contributed by atoms with Crippen LogP contribution in [0.2, 0.25) is 0 Å². The highest BCUT2D eigenvalue weighted by Gasteiger charge is 2.10. The van der Waals surface area contributed by atoms with E-state index in [9.17, 15) is 0 Å². The third-order valence-corrected chi connectivity index (χ3v) is 4.28. The Kier molecular flexibility index (Phi) is 12.6. The molecule has 2 nitrogen and oxygen atoms in total. The standard InChI is InChI=1S/C18H40N2/c1-6-18(9-12-19)8-7-13-20(14-10-16(2)3)15-11-17(4)5/h16-18H,6-15,19H2,1-5H3. The van der Waals surface area contributed by atoms with Gasteiger partial charge < -0.3 is 10.6 Å². The summed E-state index contributed by atoms with van der Waals surface area (Å²) >= 11 is 0. The van der Waals surface area contributed by atoms with Crippen LogP contribution in [0.5, 0.6) is 0 Å². The number of hydrogen-bond donors (Lipinski definition) is 1. The maximum absolute atomic E-state index is 5.69. The molecule has 0 aliphatic carbocycles.